The Balaban J connectivity index is 2.75. The molecule has 0 saturated carbocycles. The van der Waals surface area contributed by atoms with Crippen LogP contribution in [0.25, 0.3) is 5.70 Å². The van der Waals surface area contributed by atoms with Gasteiger partial charge in [-0.2, -0.15) is 0 Å². The van der Waals surface area contributed by atoms with Gasteiger partial charge in [-0.15, -0.1) is 0 Å². The van der Waals surface area contributed by atoms with Gasteiger partial charge in [0.25, 0.3) is 0 Å². The molecule has 0 aliphatic heterocycles. The van der Waals surface area contributed by atoms with E-state index in [1.807, 2.05) is 24.3 Å². The minimum atomic E-state index is 0.755. The fourth-order valence-corrected chi connectivity index (χ4v) is 1.10. The summed E-state index contributed by atoms with van der Waals surface area (Å²) < 4.78 is 1.05. The predicted molar refractivity (Wildman–Crippen MR) is 53.3 cm³/mol. The summed E-state index contributed by atoms with van der Waals surface area (Å²) in [5, 5.41) is 0. The Kier molecular flexibility index (Phi) is 3.31. The summed E-state index contributed by atoms with van der Waals surface area (Å²) in [6.45, 7) is 3.79. The van der Waals surface area contributed by atoms with Crippen LogP contribution in [-0.2, 0) is 4.84 Å². The van der Waals surface area contributed by atoms with Gasteiger partial charge < -0.3 is 0 Å². The molecule has 0 aliphatic carbocycles. The molecule has 0 aromatic heterocycles. The monoisotopic (exact) mass is 227 g/mol. The Morgan fingerprint density at radius 1 is 1.42 bits per heavy atom. The van der Waals surface area contributed by atoms with Crippen molar-refractivity contribution in [3.8, 4) is 0 Å². The molecule has 12 heavy (non-hydrogen) atoms. The molecule has 0 spiro atoms. The highest BCUT2D eigenvalue weighted by Crippen LogP contribution is 2.14. The van der Waals surface area contributed by atoms with Crippen LogP contribution in [0, 0.1) is 0 Å². The van der Waals surface area contributed by atoms with Crippen LogP contribution in [0.15, 0.2) is 35.3 Å². The second-order valence-corrected chi connectivity index (χ2v) is 3.21. The van der Waals surface area contributed by atoms with E-state index in [0.29, 0.717) is 0 Å². The maximum Gasteiger partial charge on any atom is 0.0636 e. The Hall–Kier alpha value is -0.800. The number of halogens is 1. The summed E-state index contributed by atoms with van der Waals surface area (Å²) in [5.74, 6) is 0. The lowest BCUT2D eigenvalue weighted by molar-refractivity contribution is 0.137. The van der Waals surface area contributed by atoms with E-state index < -0.39 is 0 Å². The Morgan fingerprint density at radius 3 is 2.50 bits per heavy atom. The predicted octanol–water partition coefficient (Wildman–Crippen LogP) is 2.57. The molecule has 0 aliphatic rings. The van der Waals surface area contributed by atoms with E-state index in [9.17, 15) is 0 Å². The molecule has 0 bridgehead atoms. The molecule has 0 saturated heterocycles. The first-order valence-electron chi connectivity index (χ1n) is 3.48. The van der Waals surface area contributed by atoms with Gasteiger partial charge in [0, 0.05) is 4.47 Å². The zero-order valence-electron chi connectivity index (χ0n) is 6.80. The standard InChI is InChI=1S/C9H10BrNO/c1-7(11-12-2)8-3-5-9(10)6-4-8/h3-6,11H,1H2,2H3. The van der Waals surface area contributed by atoms with Crippen molar-refractivity contribution in [3.05, 3.63) is 40.9 Å². The molecular weight excluding hydrogens is 218 g/mol. The van der Waals surface area contributed by atoms with Crippen molar-refractivity contribution >= 4 is 21.6 Å². The van der Waals surface area contributed by atoms with Crippen LogP contribution in [0.3, 0.4) is 0 Å². The molecule has 0 amide bonds. The van der Waals surface area contributed by atoms with Gasteiger partial charge in [0.15, 0.2) is 0 Å². The van der Waals surface area contributed by atoms with Crippen molar-refractivity contribution in [3.63, 3.8) is 0 Å². The maximum absolute atomic E-state index is 4.73. The molecular formula is C9H10BrNO. The van der Waals surface area contributed by atoms with Crippen LogP contribution in [-0.4, -0.2) is 7.11 Å². The van der Waals surface area contributed by atoms with Crippen LogP contribution in [0.1, 0.15) is 5.56 Å². The summed E-state index contributed by atoms with van der Waals surface area (Å²) >= 11 is 3.35. The van der Waals surface area contributed by atoms with E-state index in [-0.39, 0.29) is 0 Å². The summed E-state index contributed by atoms with van der Waals surface area (Å²) in [5.41, 5.74) is 4.44. The fraction of sp³-hybridized carbons (Fsp3) is 0.111. The van der Waals surface area contributed by atoms with Gasteiger partial charge in [0.2, 0.25) is 0 Å². The maximum atomic E-state index is 4.73. The third-order valence-electron chi connectivity index (χ3n) is 1.42. The topological polar surface area (TPSA) is 21.3 Å². The largest absolute Gasteiger partial charge is 0.279 e. The number of rotatable bonds is 3. The molecule has 0 radical (unpaired) electrons. The lowest BCUT2D eigenvalue weighted by Crippen LogP contribution is -2.08. The first-order chi connectivity index (χ1) is 5.74. The number of benzene rings is 1. The van der Waals surface area contributed by atoms with Crippen molar-refractivity contribution in [1.82, 2.24) is 5.48 Å². The van der Waals surface area contributed by atoms with E-state index in [2.05, 4.69) is 28.0 Å². The van der Waals surface area contributed by atoms with Crippen molar-refractivity contribution in [2.75, 3.05) is 7.11 Å². The average molecular weight is 228 g/mol. The van der Waals surface area contributed by atoms with E-state index in [0.717, 1.165) is 15.7 Å². The van der Waals surface area contributed by atoms with E-state index in [1.165, 1.54) is 0 Å². The lowest BCUT2D eigenvalue weighted by atomic mass is 10.2. The minimum Gasteiger partial charge on any atom is -0.279 e. The summed E-state index contributed by atoms with van der Waals surface area (Å²) in [6.07, 6.45) is 0. The highest BCUT2D eigenvalue weighted by atomic mass is 79.9. The number of hydrogen-bond acceptors (Lipinski definition) is 2. The van der Waals surface area contributed by atoms with Crippen molar-refractivity contribution in [1.29, 1.82) is 0 Å². The molecule has 64 valence electrons. The third kappa shape index (κ3) is 2.36. The van der Waals surface area contributed by atoms with Crippen molar-refractivity contribution in [2.45, 2.75) is 0 Å². The van der Waals surface area contributed by atoms with Gasteiger partial charge in [0.05, 0.1) is 12.8 Å². The van der Waals surface area contributed by atoms with Gasteiger partial charge in [-0.05, 0) is 17.7 Å². The Bertz CT molecular complexity index is 268. The highest BCUT2D eigenvalue weighted by molar-refractivity contribution is 9.10. The molecule has 1 aromatic carbocycles. The fourth-order valence-electron chi connectivity index (χ4n) is 0.833. The second-order valence-electron chi connectivity index (χ2n) is 2.29. The summed E-state index contributed by atoms with van der Waals surface area (Å²) in [7, 11) is 1.56. The first-order valence-corrected chi connectivity index (χ1v) is 4.27. The van der Waals surface area contributed by atoms with Gasteiger partial charge in [-0.1, -0.05) is 34.6 Å². The van der Waals surface area contributed by atoms with E-state index >= 15 is 0 Å². The van der Waals surface area contributed by atoms with Crippen molar-refractivity contribution < 1.29 is 4.84 Å². The minimum absolute atomic E-state index is 0.755. The van der Waals surface area contributed by atoms with Crippen LogP contribution < -0.4 is 5.48 Å². The summed E-state index contributed by atoms with van der Waals surface area (Å²) in [6, 6.07) is 7.83. The zero-order valence-corrected chi connectivity index (χ0v) is 8.39. The molecule has 0 heterocycles. The molecule has 0 fully saturated rings. The van der Waals surface area contributed by atoms with E-state index in [4.69, 9.17) is 4.84 Å². The highest BCUT2D eigenvalue weighted by Gasteiger charge is 1.95. The van der Waals surface area contributed by atoms with Crippen LogP contribution in [0.5, 0.6) is 0 Å². The van der Waals surface area contributed by atoms with Crippen LogP contribution in [0.4, 0.5) is 0 Å². The number of nitrogens with one attached hydrogen (secondary N) is 1. The molecule has 0 atom stereocenters. The van der Waals surface area contributed by atoms with Gasteiger partial charge >= 0.3 is 0 Å². The number of hydrogen-bond donors (Lipinski definition) is 1. The Morgan fingerprint density at radius 2 is 2.00 bits per heavy atom. The van der Waals surface area contributed by atoms with Gasteiger partial charge in [0.1, 0.15) is 0 Å². The van der Waals surface area contributed by atoms with Crippen molar-refractivity contribution in [2.24, 2.45) is 0 Å². The average Bonchev–Trinajstić information content (AvgIpc) is 2.06. The third-order valence-corrected chi connectivity index (χ3v) is 1.95. The number of hydroxylamine groups is 1. The smallest absolute Gasteiger partial charge is 0.0636 e. The van der Waals surface area contributed by atoms with Crippen LogP contribution >= 0.6 is 15.9 Å². The lowest BCUT2D eigenvalue weighted by Gasteiger charge is -2.06. The van der Waals surface area contributed by atoms with E-state index in [1.54, 1.807) is 7.11 Å². The van der Waals surface area contributed by atoms with Gasteiger partial charge in [-0.3, -0.25) is 10.3 Å². The molecule has 3 heteroatoms. The molecule has 1 rings (SSSR count). The quantitative estimate of drug-likeness (QED) is 0.802. The first kappa shape index (κ1) is 9.29. The SMILES string of the molecule is C=C(NOC)c1ccc(Br)cc1. The second kappa shape index (κ2) is 4.28. The molecule has 1 N–H and O–H groups in total. The summed E-state index contributed by atoms with van der Waals surface area (Å²) in [4.78, 5) is 4.73. The molecule has 2 nitrogen and oxygen atoms in total. The van der Waals surface area contributed by atoms with Crippen LogP contribution in [0.2, 0.25) is 0 Å². The Labute approximate surface area is 80.3 Å². The zero-order chi connectivity index (χ0) is 8.97. The normalized spacial score (nSPS) is 9.50. The molecule has 0 unspecified atom stereocenters. The van der Waals surface area contributed by atoms with Gasteiger partial charge in [-0.25, -0.2) is 0 Å². The molecule has 1 aromatic rings.